The Bertz CT molecular complexity index is 611. The van der Waals surface area contributed by atoms with Gasteiger partial charge in [-0.05, 0) is 31.8 Å². The highest BCUT2D eigenvalue weighted by molar-refractivity contribution is 7.85. The van der Waals surface area contributed by atoms with E-state index in [0.717, 1.165) is 6.08 Å². The van der Waals surface area contributed by atoms with E-state index in [1.54, 1.807) is 0 Å². The Hall–Kier alpha value is -0.930. The first-order chi connectivity index (χ1) is 12.5. The van der Waals surface area contributed by atoms with Crippen LogP contribution in [-0.4, -0.2) is 65.6 Å². The van der Waals surface area contributed by atoms with Gasteiger partial charge < -0.3 is 19.7 Å². The molecule has 0 unspecified atom stereocenters. The van der Waals surface area contributed by atoms with Crippen LogP contribution < -0.4 is 0 Å². The number of halogens is 6. The molecular weight excluding hydrogens is 426 g/mol. The van der Waals surface area contributed by atoms with E-state index < -0.39 is 58.4 Å². The van der Waals surface area contributed by atoms with E-state index >= 15 is 0 Å². The molecule has 1 saturated carbocycles. The summed E-state index contributed by atoms with van der Waals surface area (Å²) in [7, 11) is -5.78. The number of hydrogen-bond acceptors (Lipinski definition) is 6. The Morgan fingerprint density at radius 3 is 1.86 bits per heavy atom. The topological polar surface area (TPSA) is 113 Å². The van der Waals surface area contributed by atoms with E-state index in [2.05, 4.69) is 11.3 Å². The van der Waals surface area contributed by atoms with Gasteiger partial charge in [0.1, 0.15) is 5.75 Å². The number of hydrogen-bond donors (Lipinski definition) is 3. The molecule has 166 valence electrons. The number of aliphatic hydroxyl groups excluding tert-OH is 2. The Balaban J connectivity index is 2.99. The van der Waals surface area contributed by atoms with Crippen molar-refractivity contribution in [2.24, 2.45) is 5.92 Å². The summed E-state index contributed by atoms with van der Waals surface area (Å²) in [6, 6.07) is 0. The lowest BCUT2D eigenvalue weighted by molar-refractivity contribution is -0.403. The second kappa shape index (κ2) is 8.83. The van der Waals surface area contributed by atoms with Crippen LogP contribution in [-0.2, 0) is 19.6 Å². The summed E-state index contributed by atoms with van der Waals surface area (Å²) in [4.78, 5) is 0. The van der Waals surface area contributed by atoms with Crippen molar-refractivity contribution < 1.29 is 59.0 Å². The summed E-state index contributed by atoms with van der Waals surface area (Å²) in [5.41, 5.74) is -5.31. The van der Waals surface area contributed by atoms with Crippen LogP contribution in [0.5, 0.6) is 0 Å². The van der Waals surface area contributed by atoms with Crippen molar-refractivity contribution in [3.05, 3.63) is 12.7 Å². The zero-order valence-electron chi connectivity index (χ0n) is 14.3. The minimum Gasteiger partial charge on any atom is -0.368 e. The normalized spacial score (nSPS) is 24.6. The minimum absolute atomic E-state index is 0.0827. The molecule has 0 heterocycles. The lowest BCUT2D eigenvalue weighted by Crippen LogP contribution is -2.64. The maximum atomic E-state index is 13.2. The summed E-state index contributed by atoms with van der Waals surface area (Å²) < 4.78 is 118. The fraction of sp³-hybridized carbons (Fsp3) is 0.857. The zero-order valence-corrected chi connectivity index (χ0v) is 15.1. The summed E-state index contributed by atoms with van der Waals surface area (Å²) in [6.45, 7) is 3.27. The first-order valence-electron chi connectivity index (χ1n) is 7.93. The number of ether oxygens (including phenoxy) is 2. The van der Waals surface area contributed by atoms with E-state index in [9.17, 15) is 45.0 Å². The standard InChI is InChI=1S/C14H20F6O7S/c1-2-10(21)26-9-5-3-8(4-6-9)11(22)27-12(13(15,16)17,14(18,19)20)7-28(23,24)25/h2,8-11,21-22H,1,3-7H2,(H,23,24,25)/t8?,9?,10-,11-/m0/s1. The van der Waals surface area contributed by atoms with Gasteiger partial charge in [0.15, 0.2) is 12.6 Å². The molecule has 0 spiro atoms. The highest BCUT2D eigenvalue weighted by Gasteiger charge is 2.74. The maximum absolute atomic E-state index is 13.2. The van der Waals surface area contributed by atoms with Crippen LogP contribution >= 0.6 is 0 Å². The van der Waals surface area contributed by atoms with Crippen LogP contribution in [0.25, 0.3) is 0 Å². The van der Waals surface area contributed by atoms with Gasteiger partial charge >= 0.3 is 12.4 Å². The fourth-order valence-electron chi connectivity index (χ4n) is 2.81. The molecule has 3 N–H and O–H groups in total. The van der Waals surface area contributed by atoms with Crippen molar-refractivity contribution in [1.82, 2.24) is 0 Å². The molecule has 0 bridgehead atoms. The van der Waals surface area contributed by atoms with E-state index in [-0.39, 0.29) is 25.7 Å². The summed E-state index contributed by atoms with van der Waals surface area (Å²) in [5, 5.41) is 19.1. The van der Waals surface area contributed by atoms with Gasteiger partial charge in [-0.3, -0.25) is 4.55 Å². The van der Waals surface area contributed by atoms with Crippen molar-refractivity contribution in [2.75, 3.05) is 5.75 Å². The molecular formula is C14H20F6O7S. The van der Waals surface area contributed by atoms with Gasteiger partial charge in [-0.1, -0.05) is 6.58 Å². The second-order valence-corrected chi connectivity index (χ2v) is 7.81. The van der Waals surface area contributed by atoms with Gasteiger partial charge in [0.25, 0.3) is 15.7 Å². The quantitative estimate of drug-likeness (QED) is 0.227. The Morgan fingerprint density at radius 2 is 1.50 bits per heavy atom. The van der Waals surface area contributed by atoms with Gasteiger partial charge in [-0.15, -0.1) is 0 Å². The Kier molecular flexibility index (Phi) is 7.92. The van der Waals surface area contributed by atoms with Crippen LogP contribution in [0.4, 0.5) is 26.3 Å². The van der Waals surface area contributed by atoms with Crippen molar-refractivity contribution in [3.63, 3.8) is 0 Å². The third-order valence-electron chi connectivity index (χ3n) is 4.28. The molecule has 0 saturated heterocycles. The van der Waals surface area contributed by atoms with Crippen molar-refractivity contribution in [2.45, 2.75) is 62.3 Å². The minimum atomic E-state index is -6.30. The van der Waals surface area contributed by atoms with Crippen LogP contribution in [0.1, 0.15) is 25.7 Å². The van der Waals surface area contributed by atoms with E-state index in [1.807, 2.05) is 0 Å². The molecule has 1 fully saturated rings. The van der Waals surface area contributed by atoms with Crippen molar-refractivity contribution >= 4 is 10.1 Å². The van der Waals surface area contributed by atoms with Crippen LogP contribution in [0.2, 0.25) is 0 Å². The fourth-order valence-corrected chi connectivity index (χ4v) is 3.72. The molecule has 0 aromatic rings. The predicted molar refractivity (Wildman–Crippen MR) is 81.4 cm³/mol. The summed E-state index contributed by atoms with van der Waals surface area (Å²) in [5.74, 6) is -4.04. The predicted octanol–water partition coefficient (Wildman–Crippen LogP) is 2.15. The van der Waals surface area contributed by atoms with Gasteiger partial charge in [0.05, 0.1) is 6.10 Å². The molecule has 0 aliphatic heterocycles. The smallest absolute Gasteiger partial charge is 0.368 e. The highest BCUT2D eigenvalue weighted by atomic mass is 32.2. The summed E-state index contributed by atoms with van der Waals surface area (Å²) >= 11 is 0. The number of alkyl halides is 6. The third kappa shape index (κ3) is 6.29. The molecule has 14 heteroatoms. The Labute approximate surface area is 156 Å². The molecule has 1 aliphatic carbocycles. The average Bonchev–Trinajstić information content (AvgIpc) is 2.51. The van der Waals surface area contributed by atoms with Gasteiger partial charge in [-0.25, -0.2) is 0 Å². The zero-order chi connectivity index (χ0) is 22.0. The van der Waals surface area contributed by atoms with E-state index in [0.29, 0.717) is 0 Å². The highest BCUT2D eigenvalue weighted by Crippen LogP contribution is 2.48. The SMILES string of the molecule is C=C[C@@H](O)OC1CCC([C@@H](O)OC(CS(=O)(=O)O)(C(F)(F)F)C(F)(F)F)CC1. The molecule has 7 nitrogen and oxygen atoms in total. The van der Waals surface area contributed by atoms with Gasteiger partial charge in [-0.2, -0.15) is 34.8 Å². The molecule has 2 atom stereocenters. The largest absolute Gasteiger partial charge is 0.427 e. The third-order valence-corrected chi connectivity index (χ3v) is 5.05. The van der Waals surface area contributed by atoms with Crippen molar-refractivity contribution in [1.29, 1.82) is 0 Å². The number of rotatable bonds is 8. The van der Waals surface area contributed by atoms with E-state index in [1.165, 1.54) is 0 Å². The maximum Gasteiger partial charge on any atom is 0.427 e. The Morgan fingerprint density at radius 1 is 1.04 bits per heavy atom. The molecule has 28 heavy (non-hydrogen) atoms. The molecule has 1 rings (SSSR count). The van der Waals surface area contributed by atoms with Crippen LogP contribution in [0.15, 0.2) is 12.7 Å². The van der Waals surface area contributed by atoms with Crippen LogP contribution in [0, 0.1) is 5.92 Å². The van der Waals surface area contributed by atoms with Gasteiger partial charge in [0.2, 0.25) is 0 Å². The first kappa shape index (κ1) is 25.1. The molecule has 0 aromatic heterocycles. The molecule has 0 radical (unpaired) electrons. The van der Waals surface area contributed by atoms with E-state index in [4.69, 9.17) is 9.29 Å². The monoisotopic (exact) mass is 446 g/mol. The van der Waals surface area contributed by atoms with Crippen LogP contribution in [0.3, 0.4) is 0 Å². The lowest BCUT2D eigenvalue weighted by Gasteiger charge is -2.40. The average molecular weight is 446 g/mol. The summed E-state index contributed by atoms with van der Waals surface area (Å²) in [6.07, 6.45) is -16.1. The second-order valence-electron chi connectivity index (χ2n) is 6.36. The molecule has 0 aromatic carbocycles. The lowest BCUT2D eigenvalue weighted by atomic mass is 9.86. The number of aliphatic hydroxyl groups is 2. The molecule has 0 amide bonds. The molecule has 1 aliphatic rings. The van der Waals surface area contributed by atoms with Crippen molar-refractivity contribution in [3.8, 4) is 0 Å². The first-order valence-corrected chi connectivity index (χ1v) is 9.54. The van der Waals surface area contributed by atoms with Gasteiger partial charge in [0, 0.05) is 5.92 Å².